The Balaban J connectivity index is 1.36. The third kappa shape index (κ3) is 5.87. The highest BCUT2D eigenvalue weighted by Crippen LogP contribution is 2.35. The fourth-order valence-corrected chi connectivity index (χ4v) is 5.83. The zero-order valence-corrected chi connectivity index (χ0v) is 22.3. The zero-order chi connectivity index (χ0) is 27.6. The summed E-state index contributed by atoms with van der Waals surface area (Å²) >= 11 is 0.788. The van der Waals surface area contributed by atoms with Crippen molar-refractivity contribution in [3.8, 4) is 5.75 Å². The molecule has 4 aromatic rings. The van der Waals surface area contributed by atoms with E-state index in [9.17, 15) is 22.8 Å². The van der Waals surface area contributed by atoms with Gasteiger partial charge in [-0.05, 0) is 70.6 Å². The predicted molar refractivity (Wildman–Crippen MR) is 150 cm³/mol. The van der Waals surface area contributed by atoms with Gasteiger partial charge in [-0.2, -0.15) is 8.42 Å². The lowest BCUT2D eigenvalue weighted by molar-refractivity contribution is -0.123. The van der Waals surface area contributed by atoms with E-state index in [0.29, 0.717) is 11.3 Å². The van der Waals surface area contributed by atoms with Crippen LogP contribution in [0, 0.1) is 0 Å². The number of anilines is 1. The number of carbonyl (C=O) groups excluding carboxylic acids is 3. The van der Waals surface area contributed by atoms with E-state index in [2.05, 4.69) is 5.32 Å². The Morgan fingerprint density at radius 3 is 2.36 bits per heavy atom. The van der Waals surface area contributed by atoms with Crippen LogP contribution in [0.4, 0.5) is 10.5 Å². The quantitative estimate of drug-likeness (QED) is 0.225. The second-order valence-electron chi connectivity index (χ2n) is 8.73. The molecule has 3 amide bonds. The number of thioether (sulfide) groups is 1. The number of hydrogen-bond donors (Lipinski definition) is 1. The molecule has 8 nitrogen and oxygen atoms in total. The maximum absolute atomic E-state index is 13.1. The molecule has 0 radical (unpaired) electrons. The van der Waals surface area contributed by atoms with Crippen molar-refractivity contribution in [3.63, 3.8) is 0 Å². The highest BCUT2D eigenvalue weighted by atomic mass is 32.2. The van der Waals surface area contributed by atoms with Crippen molar-refractivity contribution in [2.75, 3.05) is 5.32 Å². The number of carbonyl (C=O) groups is 3. The van der Waals surface area contributed by atoms with Crippen molar-refractivity contribution < 1.29 is 27.0 Å². The van der Waals surface area contributed by atoms with E-state index in [0.717, 1.165) is 33.0 Å². The number of amides is 3. The summed E-state index contributed by atoms with van der Waals surface area (Å²) in [5.74, 6) is -0.744. The SMILES string of the molecule is CC(=O)Nc1ccc(S(=O)(=O)Oc2ccccc2/C=C2\SC(=O)N(Cc3ccc4ccccc4c3)C2=O)cc1. The minimum Gasteiger partial charge on any atom is -0.378 e. The van der Waals surface area contributed by atoms with Crippen LogP contribution in [0.3, 0.4) is 0 Å². The number of imide groups is 1. The average Bonchev–Trinajstić information content (AvgIpc) is 3.17. The fourth-order valence-electron chi connectivity index (χ4n) is 4.05. The van der Waals surface area contributed by atoms with E-state index in [1.54, 1.807) is 18.2 Å². The molecule has 4 aromatic carbocycles. The van der Waals surface area contributed by atoms with E-state index in [1.165, 1.54) is 43.3 Å². The molecule has 39 heavy (non-hydrogen) atoms. The third-order valence-electron chi connectivity index (χ3n) is 5.90. The van der Waals surface area contributed by atoms with Crippen molar-refractivity contribution in [3.05, 3.63) is 107 Å². The number of para-hydroxylation sites is 1. The van der Waals surface area contributed by atoms with Crippen LogP contribution in [-0.2, 0) is 26.3 Å². The molecule has 5 rings (SSSR count). The average molecular weight is 559 g/mol. The van der Waals surface area contributed by atoms with E-state index >= 15 is 0 Å². The number of nitrogens with one attached hydrogen (secondary N) is 1. The molecule has 196 valence electrons. The standard InChI is InChI=1S/C29H22N2O6S2/c1-19(32)30-24-12-14-25(15-13-24)39(35,36)37-26-9-5-4-8-23(26)17-27-28(33)31(29(34)38-27)18-20-10-11-21-6-2-3-7-22(21)16-20/h2-17H,18H2,1H3,(H,30,32)/b27-17-. The van der Waals surface area contributed by atoms with Crippen LogP contribution < -0.4 is 9.50 Å². The summed E-state index contributed by atoms with van der Waals surface area (Å²) in [6, 6.07) is 25.5. The lowest BCUT2D eigenvalue weighted by Gasteiger charge is -2.13. The van der Waals surface area contributed by atoms with Gasteiger partial charge in [0.15, 0.2) is 0 Å². The first-order valence-electron chi connectivity index (χ1n) is 11.8. The lowest BCUT2D eigenvalue weighted by Crippen LogP contribution is -2.27. The molecule has 0 spiro atoms. The molecule has 1 aliphatic rings. The molecule has 0 bridgehead atoms. The maximum Gasteiger partial charge on any atom is 0.339 e. The third-order valence-corrected chi connectivity index (χ3v) is 8.05. The van der Waals surface area contributed by atoms with Gasteiger partial charge in [0.05, 0.1) is 11.4 Å². The molecule has 1 N–H and O–H groups in total. The number of fused-ring (bicyclic) bond motifs is 1. The van der Waals surface area contributed by atoms with E-state index in [1.807, 2.05) is 42.5 Å². The Bertz CT molecular complexity index is 1750. The lowest BCUT2D eigenvalue weighted by atomic mass is 10.1. The summed E-state index contributed by atoms with van der Waals surface area (Å²) in [6.45, 7) is 1.47. The van der Waals surface area contributed by atoms with Gasteiger partial charge in [0.1, 0.15) is 10.6 Å². The Labute approximate surface area is 229 Å². The highest BCUT2D eigenvalue weighted by molar-refractivity contribution is 8.18. The first-order chi connectivity index (χ1) is 18.7. The van der Waals surface area contributed by atoms with Crippen molar-refractivity contribution in [1.82, 2.24) is 4.90 Å². The molecule has 0 atom stereocenters. The summed E-state index contributed by atoms with van der Waals surface area (Å²) in [7, 11) is -4.22. The van der Waals surface area contributed by atoms with Crippen LogP contribution in [0.15, 0.2) is 101 Å². The largest absolute Gasteiger partial charge is 0.378 e. The summed E-state index contributed by atoms with van der Waals surface area (Å²) in [5, 5.41) is 4.23. The van der Waals surface area contributed by atoms with Gasteiger partial charge in [-0.3, -0.25) is 19.3 Å². The van der Waals surface area contributed by atoms with Crippen molar-refractivity contribution in [1.29, 1.82) is 0 Å². The van der Waals surface area contributed by atoms with Gasteiger partial charge < -0.3 is 9.50 Å². The van der Waals surface area contributed by atoms with E-state index in [-0.39, 0.29) is 28.0 Å². The number of rotatable bonds is 7. The van der Waals surface area contributed by atoms with Crippen molar-refractivity contribution >= 4 is 61.5 Å². The van der Waals surface area contributed by atoms with Gasteiger partial charge in [0.25, 0.3) is 11.1 Å². The van der Waals surface area contributed by atoms with E-state index < -0.39 is 21.3 Å². The first-order valence-corrected chi connectivity index (χ1v) is 14.1. The Hall–Kier alpha value is -4.41. The summed E-state index contributed by atoms with van der Waals surface area (Å²) in [6.07, 6.45) is 1.45. The van der Waals surface area contributed by atoms with Crippen LogP contribution in [-0.4, -0.2) is 30.4 Å². The molecular weight excluding hydrogens is 536 g/mol. The molecular formula is C29H22N2O6S2. The van der Waals surface area contributed by atoms with Crippen LogP contribution in [0.1, 0.15) is 18.1 Å². The Kier molecular flexibility index (Phi) is 7.23. The van der Waals surface area contributed by atoms with Gasteiger partial charge >= 0.3 is 10.1 Å². The van der Waals surface area contributed by atoms with Crippen molar-refractivity contribution in [2.24, 2.45) is 0 Å². The normalized spacial score (nSPS) is 14.7. The van der Waals surface area contributed by atoms with Gasteiger partial charge in [0, 0.05) is 18.2 Å². The van der Waals surface area contributed by atoms with Crippen LogP contribution >= 0.6 is 11.8 Å². The van der Waals surface area contributed by atoms with Crippen LogP contribution in [0.5, 0.6) is 5.75 Å². The monoisotopic (exact) mass is 558 g/mol. The number of benzene rings is 4. The Morgan fingerprint density at radius 1 is 0.923 bits per heavy atom. The van der Waals surface area contributed by atoms with E-state index in [4.69, 9.17) is 4.18 Å². The van der Waals surface area contributed by atoms with Gasteiger partial charge in [-0.25, -0.2) is 0 Å². The zero-order valence-electron chi connectivity index (χ0n) is 20.7. The molecule has 10 heteroatoms. The minimum absolute atomic E-state index is 0.00441. The topological polar surface area (TPSA) is 110 Å². The molecule has 0 aliphatic carbocycles. The molecule has 1 heterocycles. The second kappa shape index (κ2) is 10.8. The fraction of sp³-hybridized carbons (Fsp3) is 0.0690. The van der Waals surface area contributed by atoms with Gasteiger partial charge in [-0.15, -0.1) is 0 Å². The predicted octanol–water partition coefficient (Wildman–Crippen LogP) is 5.80. The molecule has 0 saturated carbocycles. The molecule has 1 aliphatic heterocycles. The molecule has 1 fully saturated rings. The number of nitrogens with zero attached hydrogens (tertiary/aromatic N) is 1. The smallest absolute Gasteiger partial charge is 0.339 e. The molecule has 0 aromatic heterocycles. The van der Waals surface area contributed by atoms with Gasteiger partial charge in [-0.1, -0.05) is 54.6 Å². The second-order valence-corrected chi connectivity index (χ2v) is 11.3. The van der Waals surface area contributed by atoms with Crippen LogP contribution in [0.25, 0.3) is 16.8 Å². The highest BCUT2D eigenvalue weighted by Gasteiger charge is 2.35. The minimum atomic E-state index is -4.22. The summed E-state index contributed by atoms with van der Waals surface area (Å²) < 4.78 is 31.2. The Morgan fingerprint density at radius 2 is 1.62 bits per heavy atom. The first kappa shape index (κ1) is 26.2. The van der Waals surface area contributed by atoms with Crippen LogP contribution in [0.2, 0.25) is 0 Å². The summed E-state index contributed by atoms with van der Waals surface area (Å²) in [4.78, 5) is 38.3. The summed E-state index contributed by atoms with van der Waals surface area (Å²) in [5.41, 5.74) is 1.59. The molecule has 1 saturated heterocycles. The molecule has 0 unspecified atom stereocenters. The van der Waals surface area contributed by atoms with Gasteiger partial charge in [0.2, 0.25) is 5.91 Å². The van der Waals surface area contributed by atoms with Crippen molar-refractivity contribution in [2.45, 2.75) is 18.4 Å². The number of hydrogen-bond acceptors (Lipinski definition) is 7. The maximum atomic E-state index is 13.1.